The van der Waals surface area contributed by atoms with Crippen molar-refractivity contribution in [2.24, 2.45) is 5.92 Å². The van der Waals surface area contributed by atoms with Gasteiger partial charge in [0.2, 0.25) is 0 Å². The number of halogens is 2. The summed E-state index contributed by atoms with van der Waals surface area (Å²) in [6.45, 7) is 3.76. The number of rotatable bonds is 6. The van der Waals surface area contributed by atoms with Crippen LogP contribution in [0.3, 0.4) is 0 Å². The molecule has 0 amide bonds. The van der Waals surface area contributed by atoms with Gasteiger partial charge in [-0.3, -0.25) is 9.69 Å². The first-order valence-electron chi connectivity index (χ1n) is 6.94. The molecule has 0 bridgehead atoms. The van der Waals surface area contributed by atoms with Gasteiger partial charge in [-0.2, -0.15) is 0 Å². The quantitative estimate of drug-likeness (QED) is 0.877. The SMILES string of the molecule is CCN(Cc1ccc(C(F)F)cc1)C1COCC1C(=O)O. The van der Waals surface area contributed by atoms with Gasteiger partial charge >= 0.3 is 5.97 Å². The van der Waals surface area contributed by atoms with E-state index in [9.17, 15) is 18.7 Å². The van der Waals surface area contributed by atoms with Crippen molar-refractivity contribution in [3.63, 3.8) is 0 Å². The van der Waals surface area contributed by atoms with E-state index in [4.69, 9.17) is 4.74 Å². The van der Waals surface area contributed by atoms with Crippen molar-refractivity contribution in [2.75, 3.05) is 19.8 Å². The third-order valence-electron chi connectivity index (χ3n) is 3.86. The molecule has 1 aliphatic heterocycles. The molecule has 1 fully saturated rings. The molecule has 1 aromatic carbocycles. The van der Waals surface area contributed by atoms with E-state index in [0.717, 1.165) is 5.56 Å². The lowest BCUT2D eigenvalue weighted by atomic mass is 10.0. The Labute approximate surface area is 122 Å². The van der Waals surface area contributed by atoms with Crippen molar-refractivity contribution in [3.8, 4) is 0 Å². The fourth-order valence-corrected chi connectivity index (χ4v) is 2.61. The summed E-state index contributed by atoms with van der Waals surface area (Å²) in [5, 5.41) is 9.20. The Hall–Kier alpha value is -1.53. The lowest BCUT2D eigenvalue weighted by Crippen LogP contribution is -2.42. The molecule has 116 valence electrons. The maximum atomic E-state index is 12.5. The number of benzene rings is 1. The van der Waals surface area contributed by atoms with Crippen LogP contribution in [-0.2, 0) is 16.1 Å². The molecular weight excluding hydrogens is 280 g/mol. The first-order valence-corrected chi connectivity index (χ1v) is 6.94. The molecule has 2 rings (SSSR count). The molecule has 1 saturated heterocycles. The van der Waals surface area contributed by atoms with Gasteiger partial charge in [0.25, 0.3) is 6.43 Å². The van der Waals surface area contributed by atoms with Crippen LogP contribution in [0.5, 0.6) is 0 Å². The van der Waals surface area contributed by atoms with Gasteiger partial charge in [-0.15, -0.1) is 0 Å². The van der Waals surface area contributed by atoms with Crippen molar-refractivity contribution in [1.29, 1.82) is 0 Å². The van der Waals surface area contributed by atoms with Crippen LogP contribution >= 0.6 is 0 Å². The number of aliphatic carboxylic acids is 1. The van der Waals surface area contributed by atoms with Gasteiger partial charge in [-0.05, 0) is 12.1 Å². The maximum Gasteiger partial charge on any atom is 0.310 e. The summed E-state index contributed by atoms with van der Waals surface area (Å²) in [4.78, 5) is 13.2. The lowest BCUT2D eigenvalue weighted by molar-refractivity contribution is -0.143. The van der Waals surface area contributed by atoms with Crippen molar-refractivity contribution >= 4 is 5.97 Å². The second kappa shape index (κ2) is 6.95. The molecule has 0 aromatic heterocycles. The summed E-state index contributed by atoms with van der Waals surface area (Å²) >= 11 is 0. The minimum Gasteiger partial charge on any atom is -0.481 e. The number of hydrogen-bond acceptors (Lipinski definition) is 3. The molecule has 6 heteroatoms. The Kier molecular flexibility index (Phi) is 5.25. The second-order valence-electron chi connectivity index (χ2n) is 5.15. The third kappa shape index (κ3) is 3.77. The fraction of sp³-hybridized carbons (Fsp3) is 0.533. The topological polar surface area (TPSA) is 49.8 Å². The van der Waals surface area contributed by atoms with E-state index in [0.29, 0.717) is 19.7 Å². The Morgan fingerprint density at radius 1 is 1.38 bits per heavy atom. The number of nitrogens with zero attached hydrogens (tertiary/aromatic N) is 1. The van der Waals surface area contributed by atoms with Crippen LogP contribution in [0.2, 0.25) is 0 Å². The molecule has 1 aromatic rings. The molecule has 0 aliphatic carbocycles. The van der Waals surface area contributed by atoms with Gasteiger partial charge in [0.05, 0.1) is 19.1 Å². The number of carbonyl (C=O) groups is 1. The summed E-state index contributed by atoms with van der Waals surface area (Å²) in [6.07, 6.45) is -2.47. The number of alkyl halides is 2. The van der Waals surface area contributed by atoms with Gasteiger partial charge in [-0.25, -0.2) is 8.78 Å². The molecule has 0 spiro atoms. The number of likely N-dealkylation sites (N-methyl/N-ethyl adjacent to an activating group) is 1. The van der Waals surface area contributed by atoms with Crippen molar-refractivity contribution in [1.82, 2.24) is 4.90 Å². The number of carboxylic acids is 1. The molecule has 4 nitrogen and oxygen atoms in total. The zero-order chi connectivity index (χ0) is 15.4. The Balaban J connectivity index is 2.06. The molecule has 2 unspecified atom stereocenters. The maximum absolute atomic E-state index is 12.5. The van der Waals surface area contributed by atoms with Gasteiger partial charge in [0.1, 0.15) is 0 Å². The molecule has 21 heavy (non-hydrogen) atoms. The van der Waals surface area contributed by atoms with Gasteiger partial charge in [-0.1, -0.05) is 31.2 Å². The van der Waals surface area contributed by atoms with Crippen LogP contribution in [0.1, 0.15) is 24.5 Å². The standard InChI is InChI=1S/C15H19F2NO3/c1-2-18(13-9-21-8-12(13)15(19)20)7-10-3-5-11(6-4-10)14(16)17/h3-6,12-14H,2,7-9H2,1H3,(H,19,20). The molecule has 0 saturated carbocycles. The summed E-state index contributed by atoms with van der Waals surface area (Å²) < 4.78 is 30.3. The van der Waals surface area contributed by atoms with E-state index in [1.165, 1.54) is 12.1 Å². The van der Waals surface area contributed by atoms with Crippen LogP contribution in [0.15, 0.2) is 24.3 Å². The number of ether oxygens (including phenoxy) is 1. The van der Waals surface area contributed by atoms with Crippen molar-refractivity contribution < 1.29 is 23.4 Å². The first kappa shape index (κ1) is 15.9. The average molecular weight is 299 g/mol. The fourth-order valence-electron chi connectivity index (χ4n) is 2.61. The van der Waals surface area contributed by atoms with E-state index in [-0.39, 0.29) is 18.2 Å². The van der Waals surface area contributed by atoms with E-state index >= 15 is 0 Å². The highest BCUT2D eigenvalue weighted by molar-refractivity contribution is 5.71. The predicted octanol–water partition coefficient (Wildman–Crippen LogP) is 2.55. The predicted molar refractivity (Wildman–Crippen MR) is 73.2 cm³/mol. The third-order valence-corrected chi connectivity index (χ3v) is 3.86. The van der Waals surface area contributed by atoms with Gasteiger partial charge in [0, 0.05) is 18.2 Å². The van der Waals surface area contributed by atoms with Crippen LogP contribution in [0.4, 0.5) is 8.78 Å². The molecule has 1 heterocycles. The van der Waals surface area contributed by atoms with Crippen LogP contribution in [0.25, 0.3) is 0 Å². The highest BCUT2D eigenvalue weighted by atomic mass is 19.3. The zero-order valence-corrected chi connectivity index (χ0v) is 11.8. The molecule has 2 atom stereocenters. The Bertz CT molecular complexity index is 478. The molecular formula is C15H19F2NO3. The van der Waals surface area contributed by atoms with Gasteiger partial charge < -0.3 is 9.84 Å². The molecule has 0 radical (unpaired) electrons. The van der Waals surface area contributed by atoms with Crippen molar-refractivity contribution in [2.45, 2.75) is 25.9 Å². The summed E-state index contributed by atoms with van der Waals surface area (Å²) in [5.74, 6) is -1.39. The smallest absolute Gasteiger partial charge is 0.310 e. The monoisotopic (exact) mass is 299 g/mol. The number of hydrogen-bond donors (Lipinski definition) is 1. The Morgan fingerprint density at radius 2 is 2.05 bits per heavy atom. The van der Waals surface area contributed by atoms with E-state index < -0.39 is 18.3 Å². The second-order valence-corrected chi connectivity index (χ2v) is 5.15. The minimum absolute atomic E-state index is 0.00518. The van der Waals surface area contributed by atoms with E-state index in [1.807, 2.05) is 11.8 Å². The van der Waals surface area contributed by atoms with Crippen LogP contribution in [-0.4, -0.2) is 41.8 Å². The van der Waals surface area contributed by atoms with Gasteiger partial charge in [0.15, 0.2) is 0 Å². The highest BCUT2D eigenvalue weighted by Gasteiger charge is 2.37. The average Bonchev–Trinajstić information content (AvgIpc) is 2.94. The summed E-state index contributed by atoms with van der Waals surface area (Å²) in [6, 6.07) is 5.97. The normalized spacial score (nSPS) is 22.1. The largest absolute Gasteiger partial charge is 0.481 e. The van der Waals surface area contributed by atoms with Crippen molar-refractivity contribution in [3.05, 3.63) is 35.4 Å². The Morgan fingerprint density at radius 3 is 2.57 bits per heavy atom. The number of carboxylic acid groups (broad SMARTS) is 1. The minimum atomic E-state index is -2.47. The summed E-state index contributed by atoms with van der Waals surface area (Å²) in [5.41, 5.74) is 0.881. The van der Waals surface area contributed by atoms with E-state index in [2.05, 4.69) is 0 Å². The summed E-state index contributed by atoms with van der Waals surface area (Å²) in [7, 11) is 0. The highest BCUT2D eigenvalue weighted by Crippen LogP contribution is 2.23. The van der Waals surface area contributed by atoms with Crippen LogP contribution < -0.4 is 0 Å². The molecule has 1 N–H and O–H groups in total. The molecule has 1 aliphatic rings. The van der Waals surface area contributed by atoms with E-state index in [1.54, 1.807) is 12.1 Å². The zero-order valence-electron chi connectivity index (χ0n) is 11.8. The lowest BCUT2D eigenvalue weighted by Gasteiger charge is -2.29. The van der Waals surface area contributed by atoms with Crippen LogP contribution in [0, 0.1) is 5.92 Å². The first-order chi connectivity index (χ1) is 10.0.